The Bertz CT molecular complexity index is 309. The number of aryl methyl sites for hydroxylation is 1. The van der Waals surface area contributed by atoms with Crippen molar-refractivity contribution in [3.8, 4) is 0 Å². The van der Waals surface area contributed by atoms with Crippen LogP contribution < -0.4 is 5.32 Å². The van der Waals surface area contributed by atoms with Crippen LogP contribution in [0.5, 0.6) is 0 Å². The van der Waals surface area contributed by atoms with E-state index in [1.165, 1.54) is 0 Å². The average Bonchev–Trinajstić information content (AvgIpc) is 2.58. The first-order valence-electron chi connectivity index (χ1n) is 3.47. The number of hydrogen-bond acceptors (Lipinski definition) is 5. The SMILES string of the molecule is Cc1onnc1C1NC(=O)CO1. The fourth-order valence-corrected chi connectivity index (χ4v) is 1.02. The summed E-state index contributed by atoms with van der Waals surface area (Å²) < 4.78 is 9.79. The lowest BCUT2D eigenvalue weighted by molar-refractivity contribution is -0.119. The van der Waals surface area contributed by atoms with Crippen molar-refractivity contribution in [1.82, 2.24) is 15.7 Å². The number of carbonyl (C=O) groups excluding carboxylic acids is 1. The molecule has 1 saturated heterocycles. The zero-order valence-electron chi connectivity index (χ0n) is 6.40. The van der Waals surface area contributed by atoms with Gasteiger partial charge in [0.2, 0.25) is 5.91 Å². The molecule has 1 atom stereocenters. The van der Waals surface area contributed by atoms with Crippen LogP contribution in [0.2, 0.25) is 0 Å². The van der Waals surface area contributed by atoms with Crippen LogP contribution in [0.1, 0.15) is 17.7 Å². The highest BCUT2D eigenvalue weighted by atomic mass is 16.5. The number of aromatic nitrogens is 2. The first kappa shape index (κ1) is 7.23. The quantitative estimate of drug-likeness (QED) is 0.614. The van der Waals surface area contributed by atoms with Gasteiger partial charge in [-0.25, -0.2) is 0 Å². The molecule has 0 radical (unpaired) electrons. The van der Waals surface area contributed by atoms with Crippen LogP contribution in [0.15, 0.2) is 4.52 Å². The molecule has 1 fully saturated rings. The largest absolute Gasteiger partial charge is 0.342 e. The Morgan fingerprint density at radius 1 is 1.67 bits per heavy atom. The molecule has 2 rings (SSSR count). The number of hydrogen-bond donors (Lipinski definition) is 1. The van der Waals surface area contributed by atoms with Crippen molar-refractivity contribution < 1.29 is 14.1 Å². The third-order valence-corrected chi connectivity index (χ3v) is 1.61. The van der Waals surface area contributed by atoms with E-state index >= 15 is 0 Å². The maximum Gasteiger partial charge on any atom is 0.248 e. The second-order valence-electron chi connectivity index (χ2n) is 2.47. The van der Waals surface area contributed by atoms with Crippen molar-refractivity contribution in [1.29, 1.82) is 0 Å². The maximum absolute atomic E-state index is 10.7. The molecule has 0 spiro atoms. The lowest BCUT2D eigenvalue weighted by Gasteiger charge is -2.03. The number of nitrogens with one attached hydrogen (secondary N) is 1. The van der Waals surface area contributed by atoms with Crippen LogP contribution in [0, 0.1) is 6.92 Å². The Hall–Kier alpha value is -1.43. The summed E-state index contributed by atoms with van der Waals surface area (Å²) in [6.07, 6.45) is -0.497. The highest BCUT2D eigenvalue weighted by Gasteiger charge is 2.27. The molecule has 1 amide bonds. The van der Waals surface area contributed by atoms with Crippen molar-refractivity contribution in [3.63, 3.8) is 0 Å². The Morgan fingerprint density at radius 2 is 2.50 bits per heavy atom. The third-order valence-electron chi connectivity index (χ3n) is 1.61. The average molecular weight is 169 g/mol. The van der Waals surface area contributed by atoms with Crippen LogP contribution in [-0.4, -0.2) is 22.9 Å². The summed E-state index contributed by atoms with van der Waals surface area (Å²) in [4.78, 5) is 10.7. The van der Waals surface area contributed by atoms with Gasteiger partial charge in [-0.05, 0) is 6.92 Å². The number of rotatable bonds is 1. The molecule has 0 saturated carbocycles. The molecule has 1 aromatic heterocycles. The summed E-state index contributed by atoms with van der Waals surface area (Å²) in [6.45, 7) is 1.78. The van der Waals surface area contributed by atoms with Gasteiger partial charge in [-0.2, -0.15) is 0 Å². The number of amides is 1. The van der Waals surface area contributed by atoms with Gasteiger partial charge in [-0.15, -0.1) is 5.10 Å². The van der Waals surface area contributed by atoms with Gasteiger partial charge in [-0.1, -0.05) is 0 Å². The Morgan fingerprint density at radius 3 is 3.00 bits per heavy atom. The minimum absolute atomic E-state index is 0.0664. The second-order valence-corrected chi connectivity index (χ2v) is 2.47. The number of carbonyl (C=O) groups is 1. The summed E-state index contributed by atoms with van der Waals surface area (Å²) in [5.74, 6) is 0.407. The lowest BCUT2D eigenvalue weighted by Crippen LogP contribution is -2.20. The Balaban J connectivity index is 2.21. The fourth-order valence-electron chi connectivity index (χ4n) is 1.02. The minimum atomic E-state index is -0.497. The molecule has 6 nitrogen and oxygen atoms in total. The van der Waals surface area contributed by atoms with Crippen LogP contribution in [0.25, 0.3) is 0 Å². The molecule has 64 valence electrons. The van der Waals surface area contributed by atoms with Crippen molar-refractivity contribution in [2.75, 3.05) is 6.61 Å². The van der Waals surface area contributed by atoms with Gasteiger partial charge in [0.15, 0.2) is 17.7 Å². The van der Waals surface area contributed by atoms with Crippen molar-refractivity contribution >= 4 is 5.91 Å². The topological polar surface area (TPSA) is 77.3 Å². The summed E-state index contributed by atoms with van der Waals surface area (Å²) in [7, 11) is 0. The van der Waals surface area contributed by atoms with Crippen LogP contribution >= 0.6 is 0 Å². The highest BCUT2D eigenvalue weighted by molar-refractivity contribution is 5.79. The van der Waals surface area contributed by atoms with Crippen molar-refractivity contribution in [3.05, 3.63) is 11.5 Å². The van der Waals surface area contributed by atoms with Crippen LogP contribution in [-0.2, 0) is 9.53 Å². The third kappa shape index (κ3) is 1.06. The molecule has 2 heterocycles. The summed E-state index contributed by atoms with van der Waals surface area (Å²) in [5, 5.41) is 9.58. The van der Waals surface area contributed by atoms with Gasteiger partial charge in [0.25, 0.3) is 0 Å². The van der Waals surface area contributed by atoms with E-state index in [-0.39, 0.29) is 12.5 Å². The molecule has 0 aliphatic carbocycles. The number of ether oxygens (including phenoxy) is 1. The Kier molecular flexibility index (Phi) is 1.54. The predicted octanol–water partition coefficient (Wildman–Crippen LogP) is -0.477. The van der Waals surface area contributed by atoms with E-state index in [9.17, 15) is 4.79 Å². The molecule has 1 aliphatic rings. The van der Waals surface area contributed by atoms with E-state index in [1.54, 1.807) is 6.92 Å². The highest BCUT2D eigenvalue weighted by Crippen LogP contribution is 2.18. The molecule has 0 bridgehead atoms. The van der Waals surface area contributed by atoms with Gasteiger partial charge in [0.05, 0.1) is 0 Å². The first-order chi connectivity index (χ1) is 5.77. The molecule has 1 aromatic rings. The summed E-state index contributed by atoms with van der Waals surface area (Å²) in [6, 6.07) is 0. The van der Waals surface area contributed by atoms with E-state index in [2.05, 4.69) is 15.7 Å². The molecule has 12 heavy (non-hydrogen) atoms. The standard InChI is InChI=1S/C6H7N3O3/c1-3-5(8-9-12-3)6-7-4(10)2-11-6/h6H,2H2,1H3,(H,7,10). The van der Waals surface area contributed by atoms with Gasteiger partial charge in [0, 0.05) is 5.27 Å². The van der Waals surface area contributed by atoms with Gasteiger partial charge in [-0.3, -0.25) is 4.79 Å². The first-order valence-corrected chi connectivity index (χ1v) is 3.47. The summed E-state index contributed by atoms with van der Waals surface area (Å²) >= 11 is 0. The molecule has 1 unspecified atom stereocenters. The zero-order valence-corrected chi connectivity index (χ0v) is 6.40. The monoisotopic (exact) mass is 169 g/mol. The lowest BCUT2D eigenvalue weighted by atomic mass is 10.3. The van der Waals surface area contributed by atoms with E-state index in [1.807, 2.05) is 0 Å². The maximum atomic E-state index is 10.7. The van der Waals surface area contributed by atoms with E-state index in [0.717, 1.165) is 0 Å². The van der Waals surface area contributed by atoms with Crippen LogP contribution in [0.4, 0.5) is 0 Å². The van der Waals surface area contributed by atoms with Gasteiger partial charge >= 0.3 is 0 Å². The smallest absolute Gasteiger partial charge is 0.248 e. The normalized spacial score (nSPS) is 22.8. The van der Waals surface area contributed by atoms with E-state index < -0.39 is 6.23 Å². The number of nitrogens with zero attached hydrogens (tertiary/aromatic N) is 2. The Labute approximate surface area is 67.9 Å². The second kappa shape index (κ2) is 2.56. The summed E-state index contributed by atoms with van der Waals surface area (Å²) in [5.41, 5.74) is 0.529. The van der Waals surface area contributed by atoms with Gasteiger partial charge < -0.3 is 14.6 Å². The molecule has 6 heteroatoms. The zero-order chi connectivity index (χ0) is 8.55. The molecular weight excluding hydrogens is 162 g/mol. The van der Waals surface area contributed by atoms with Gasteiger partial charge in [0.1, 0.15) is 6.61 Å². The predicted molar refractivity (Wildman–Crippen MR) is 35.9 cm³/mol. The molecular formula is C6H7N3O3. The van der Waals surface area contributed by atoms with Crippen LogP contribution in [0.3, 0.4) is 0 Å². The van der Waals surface area contributed by atoms with Crippen molar-refractivity contribution in [2.24, 2.45) is 0 Å². The molecule has 1 N–H and O–H groups in total. The molecule has 1 aliphatic heterocycles. The molecule has 0 aromatic carbocycles. The van der Waals surface area contributed by atoms with E-state index in [4.69, 9.17) is 9.26 Å². The minimum Gasteiger partial charge on any atom is -0.342 e. The van der Waals surface area contributed by atoms with E-state index in [0.29, 0.717) is 11.5 Å². The fraction of sp³-hybridized carbons (Fsp3) is 0.500. The van der Waals surface area contributed by atoms with Crippen molar-refractivity contribution in [2.45, 2.75) is 13.2 Å².